The molecule has 72 valence electrons. The number of halogens is 3. The largest absolute Gasteiger partial charge is 0.406 e. The van der Waals surface area contributed by atoms with E-state index in [2.05, 4.69) is 17.2 Å². The topological polar surface area (TPSA) is 43.8 Å². The van der Waals surface area contributed by atoms with Crippen molar-refractivity contribution in [2.45, 2.75) is 12.7 Å². The molecule has 0 saturated heterocycles. The lowest BCUT2D eigenvalue weighted by atomic mass is 10.5. The van der Waals surface area contributed by atoms with Crippen LogP contribution in [0.4, 0.5) is 13.2 Å². The second-order valence-electron chi connectivity index (χ2n) is 2.41. The van der Waals surface area contributed by atoms with Gasteiger partial charge in [0, 0.05) is 6.20 Å². The molecular weight excluding hydrogens is 203 g/mol. The van der Waals surface area contributed by atoms with Gasteiger partial charge in [0.25, 0.3) is 0 Å². The summed E-state index contributed by atoms with van der Waals surface area (Å²) in [6.45, 7) is -1.08. The first-order valence-electron chi connectivity index (χ1n) is 3.27. The third-order valence-corrected chi connectivity index (χ3v) is 1.46. The predicted molar refractivity (Wildman–Crippen MR) is 44.2 cm³/mol. The smallest absolute Gasteiger partial charge is 0.388 e. The Morgan fingerprint density at radius 2 is 2.23 bits per heavy atom. The number of aromatic nitrogens is 2. The zero-order chi connectivity index (χ0) is 10.1. The maximum Gasteiger partial charge on any atom is 0.406 e. The lowest BCUT2D eigenvalue weighted by Crippen LogP contribution is -2.16. The highest BCUT2D eigenvalue weighted by molar-refractivity contribution is 7.80. The van der Waals surface area contributed by atoms with Gasteiger partial charge in [0.05, 0.1) is 6.33 Å². The highest BCUT2D eigenvalue weighted by atomic mass is 32.1. The number of hydrogen-bond donors (Lipinski definition) is 1. The van der Waals surface area contributed by atoms with Crippen molar-refractivity contribution in [3.63, 3.8) is 0 Å². The average molecular weight is 209 g/mol. The molecule has 0 spiro atoms. The van der Waals surface area contributed by atoms with E-state index >= 15 is 0 Å². The monoisotopic (exact) mass is 209 g/mol. The van der Waals surface area contributed by atoms with Gasteiger partial charge in [-0.3, -0.25) is 0 Å². The summed E-state index contributed by atoms with van der Waals surface area (Å²) in [6, 6.07) is 0. The first-order chi connectivity index (χ1) is 5.88. The summed E-state index contributed by atoms with van der Waals surface area (Å²) in [6.07, 6.45) is -2.05. The van der Waals surface area contributed by atoms with E-state index in [9.17, 15) is 13.2 Å². The number of nitrogens with two attached hydrogens (primary N) is 1. The summed E-state index contributed by atoms with van der Waals surface area (Å²) in [7, 11) is 0. The number of thiocarbonyl (C=S) groups is 1. The van der Waals surface area contributed by atoms with E-state index in [0.717, 1.165) is 17.1 Å². The lowest BCUT2D eigenvalue weighted by Gasteiger charge is -2.05. The molecule has 0 fully saturated rings. The number of alkyl halides is 3. The quantitative estimate of drug-likeness (QED) is 0.741. The highest BCUT2D eigenvalue weighted by Crippen LogP contribution is 2.17. The fourth-order valence-corrected chi connectivity index (χ4v) is 0.886. The molecule has 0 atom stereocenters. The van der Waals surface area contributed by atoms with E-state index < -0.39 is 12.7 Å². The molecule has 0 amide bonds. The minimum atomic E-state index is -4.26. The van der Waals surface area contributed by atoms with Gasteiger partial charge in [0.15, 0.2) is 0 Å². The Morgan fingerprint density at radius 3 is 2.62 bits per heavy atom. The van der Waals surface area contributed by atoms with E-state index in [0.29, 0.717) is 0 Å². The Balaban J connectivity index is 2.75. The van der Waals surface area contributed by atoms with Gasteiger partial charge < -0.3 is 10.3 Å². The summed E-state index contributed by atoms with van der Waals surface area (Å²) < 4.78 is 36.4. The standard InChI is InChI=1S/C6H6F3N3S/c7-6(8,9)2-12-1-4(5(10)13)11-3-12/h1,3H,2H2,(H2,10,13). The van der Waals surface area contributed by atoms with Gasteiger partial charge in [-0.15, -0.1) is 0 Å². The molecule has 1 aromatic rings. The summed E-state index contributed by atoms with van der Waals surface area (Å²) in [5.74, 6) is 0. The molecule has 0 aliphatic rings. The van der Waals surface area contributed by atoms with Crippen LogP contribution in [0.15, 0.2) is 12.5 Å². The van der Waals surface area contributed by atoms with E-state index in [1.165, 1.54) is 0 Å². The molecule has 3 nitrogen and oxygen atoms in total. The van der Waals surface area contributed by atoms with Gasteiger partial charge in [-0.05, 0) is 0 Å². The Hall–Kier alpha value is -1.11. The van der Waals surface area contributed by atoms with Crippen LogP contribution in [0.3, 0.4) is 0 Å². The summed E-state index contributed by atoms with van der Waals surface area (Å²) in [4.78, 5) is 3.58. The van der Waals surface area contributed by atoms with Crippen molar-refractivity contribution in [2.75, 3.05) is 0 Å². The molecule has 2 N–H and O–H groups in total. The molecule has 7 heteroatoms. The van der Waals surface area contributed by atoms with E-state index in [-0.39, 0.29) is 10.7 Å². The summed E-state index contributed by atoms with van der Waals surface area (Å²) in [5.41, 5.74) is 5.36. The van der Waals surface area contributed by atoms with Gasteiger partial charge in [-0.25, -0.2) is 4.98 Å². The first-order valence-corrected chi connectivity index (χ1v) is 3.67. The number of rotatable bonds is 2. The summed E-state index contributed by atoms with van der Waals surface area (Å²) in [5, 5.41) is 0. The number of hydrogen-bond acceptors (Lipinski definition) is 2. The van der Waals surface area contributed by atoms with Crippen molar-refractivity contribution in [1.82, 2.24) is 9.55 Å². The SMILES string of the molecule is NC(=S)c1cn(CC(F)(F)F)cn1. The minimum absolute atomic E-state index is 0.0130. The van der Waals surface area contributed by atoms with Gasteiger partial charge >= 0.3 is 6.18 Å². The highest BCUT2D eigenvalue weighted by Gasteiger charge is 2.27. The van der Waals surface area contributed by atoms with Crippen LogP contribution in [-0.4, -0.2) is 20.7 Å². The Bertz CT molecular complexity index is 317. The molecule has 1 aromatic heterocycles. The molecule has 0 aliphatic carbocycles. The molecule has 0 aliphatic heterocycles. The third kappa shape index (κ3) is 3.02. The molecule has 0 saturated carbocycles. The molecule has 0 bridgehead atoms. The number of imidazole rings is 1. The van der Waals surface area contributed by atoms with Gasteiger partial charge in [0.1, 0.15) is 17.2 Å². The third-order valence-electron chi connectivity index (χ3n) is 1.25. The molecular formula is C6H6F3N3S. The van der Waals surface area contributed by atoms with Crippen LogP contribution >= 0.6 is 12.2 Å². The maximum atomic E-state index is 11.8. The normalized spacial score (nSPS) is 11.6. The van der Waals surface area contributed by atoms with Crippen LogP contribution in [0.1, 0.15) is 5.69 Å². The molecule has 1 rings (SSSR count). The average Bonchev–Trinajstić information content (AvgIpc) is 2.31. The van der Waals surface area contributed by atoms with E-state index in [1.54, 1.807) is 0 Å². The fourth-order valence-electron chi connectivity index (χ4n) is 0.781. The van der Waals surface area contributed by atoms with Crippen molar-refractivity contribution in [1.29, 1.82) is 0 Å². The zero-order valence-electron chi connectivity index (χ0n) is 6.38. The number of nitrogens with zero attached hydrogens (tertiary/aromatic N) is 2. The van der Waals surface area contributed by atoms with Gasteiger partial charge in [-0.1, -0.05) is 12.2 Å². The zero-order valence-corrected chi connectivity index (χ0v) is 7.19. The van der Waals surface area contributed by atoms with Crippen molar-refractivity contribution in [3.8, 4) is 0 Å². The second-order valence-corrected chi connectivity index (χ2v) is 2.85. The molecule has 0 unspecified atom stereocenters. The second kappa shape index (κ2) is 3.33. The first kappa shape index (κ1) is 9.97. The van der Waals surface area contributed by atoms with E-state index in [1.807, 2.05) is 0 Å². The lowest BCUT2D eigenvalue weighted by molar-refractivity contribution is -0.140. The summed E-state index contributed by atoms with van der Waals surface area (Å²) >= 11 is 4.54. The predicted octanol–water partition coefficient (Wildman–Crippen LogP) is 1.08. The van der Waals surface area contributed by atoms with Crippen molar-refractivity contribution < 1.29 is 13.2 Å². The van der Waals surface area contributed by atoms with Gasteiger partial charge in [-0.2, -0.15) is 13.2 Å². The molecule has 13 heavy (non-hydrogen) atoms. The van der Waals surface area contributed by atoms with Crippen molar-refractivity contribution in [3.05, 3.63) is 18.2 Å². The van der Waals surface area contributed by atoms with Gasteiger partial charge in [0.2, 0.25) is 0 Å². The van der Waals surface area contributed by atoms with E-state index in [4.69, 9.17) is 5.73 Å². The van der Waals surface area contributed by atoms with Crippen LogP contribution in [0.25, 0.3) is 0 Å². The van der Waals surface area contributed by atoms with Crippen molar-refractivity contribution >= 4 is 17.2 Å². The van der Waals surface area contributed by atoms with Crippen LogP contribution in [-0.2, 0) is 6.54 Å². The van der Waals surface area contributed by atoms with Crippen LogP contribution in [0.2, 0.25) is 0 Å². The fraction of sp³-hybridized carbons (Fsp3) is 0.333. The molecule has 1 heterocycles. The maximum absolute atomic E-state index is 11.8. The molecule has 0 radical (unpaired) electrons. The van der Waals surface area contributed by atoms with Crippen LogP contribution < -0.4 is 5.73 Å². The molecule has 0 aromatic carbocycles. The minimum Gasteiger partial charge on any atom is -0.388 e. The Morgan fingerprint density at radius 1 is 1.62 bits per heavy atom. The Kier molecular flexibility index (Phi) is 2.55. The Labute approximate surface area is 77.4 Å². The van der Waals surface area contributed by atoms with Crippen LogP contribution in [0.5, 0.6) is 0 Å². The van der Waals surface area contributed by atoms with Crippen molar-refractivity contribution in [2.24, 2.45) is 5.73 Å². The van der Waals surface area contributed by atoms with Crippen LogP contribution in [0, 0.1) is 0 Å².